The molecule has 5 nitrogen and oxygen atoms in total. The fraction of sp³-hybridized carbons (Fsp3) is 0.714. The van der Waals surface area contributed by atoms with Crippen molar-refractivity contribution in [3.05, 3.63) is 16.1 Å². The molecule has 7 heteroatoms. The van der Waals surface area contributed by atoms with Gasteiger partial charge in [0.2, 0.25) is 0 Å². The number of nitrogens with zero attached hydrogens (tertiary/aromatic N) is 3. The minimum absolute atomic E-state index is 0.205. The molecule has 2 heterocycles. The number of aromatic nitrogens is 1. The number of carbonyl (C=O) groups excluding carboxylic acids is 1. The molecule has 0 aromatic carbocycles. The molecule has 1 fully saturated rings. The van der Waals surface area contributed by atoms with Crippen molar-refractivity contribution in [2.75, 3.05) is 32.8 Å². The van der Waals surface area contributed by atoms with Crippen molar-refractivity contribution in [2.45, 2.75) is 32.2 Å². The van der Waals surface area contributed by atoms with E-state index in [1.54, 1.807) is 16.2 Å². The maximum atomic E-state index is 11.7. The van der Waals surface area contributed by atoms with E-state index < -0.39 is 0 Å². The standard InChI is InChI=1S/C14H22ClN3O2S/c1-3-12(13-16-11(9-15)10-21-13)17-5-7-18(8-6-17)14(19)20-4-2/h10,12H,3-9H2,1-2H3. The molecule has 21 heavy (non-hydrogen) atoms. The summed E-state index contributed by atoms with van der Waals surface area (Å²) in [5.41, 5.74) is 0.945. The summed E-state index contributed by atoms with van der Waals surface area (Å²) >= 11 is 7.50. The summed E-state index contributed by atoms with van der Waals surface area (Å²) in [7, 11) is 0. The molecule has 0 radical (unpaired) electrons. The smallest absolute Gasteiger partial charge is 0.409 e. The molecule has 1 atom stereocenters. The molecule has 0 spiro atoms. The Morgan fingerprint density at radius 1 is 1.43 bits per heavy atom. The lowest BCUT2D eigenvalue weighted by Crippen LogP contribution is -2.49. The Balaban J connectivity index is 1.94. The number of rotatable bonds is 5. The van der Waals surface area contributed by atoms with Crippen molar-refractivity contribution in [3.8, 4) is 0 Å². The second-order valence-corrected chi connectivity index (χ2v) is 6.11. The van der Waals surface area contributed by atoms with E-state index in [0.717, 1.165) is 30.2 Å². The summed E-state index contributed by atoms with van der Waals surface area (Å²) in [6, 6.07) is 0.316. The van der Waals surface area contributed by atoms with Crippen LogP contribution in [0.4, 0.5) is 4.79 Å². The van der Waals surface area contributed by atoms with Crippen molar-refractivity contribution < 1.29 is 9.53 Å². The second kappa shape index (κ2) is 7.96. The van der Waals surface area contributed by atoms with E-state index in [2.05, 4.69) is 16.8 Å². The van der Waals surface area contributed by atoms with Crippen LogP contribution in [0, 0.1) is 0 Å². The average Bonchev–Trinajstić information content (AvgIpc) is 2.98. The number of thiazole rings is 1. The first-order valence-electron chi connectivity index (χ1n) is 7.35. The Morgan fingerprint density at radius 2 is 2.14 bits per heavy atom. The molecule has 1 aliphatic heterocycles. The first-order chi connectivity index (χ1) is 10.2. The predicted octanol–water partition coefficient (Wildman–Crippen LogP) is 3.11. The number of halogens is 1. The Bertz CT molecular complexity index is 461. The topological polar surface area (TPSA) is 45.7 Å². The van der Waals surface area contributed by atoms with Gasteiger partial charge in [-0.1, -0.05) is 6.92 Å². The molecule has 1 unspecified atom stereocenters. The molecule has 0 bridgehead atoms. The molecule has 0 saturated carbocycles. The van der Waals surface area contributed by atoms with Gasteiger partial charge in [0.15, 0.2) is 0 Å². The Kier molecular flexibility index (Phi) is 6.26. The van der Waals surface area contributed by atoms with Crippen molar-refractivity contribution in [3.63, 3.8) is 0 Å². The molecule has 1 amide bonds. The van der Waals surface area contributed by atoms with Gasteiger partial charge in [-0.25, -0.2) is 9.78 Å². The number of alkyl halides is 1. The van der Waals surface area contributed by atoms with E-state index in [0.29, 0.717) is 31.6 Å². The van der Waals surface area contributed by atoms with E-state index >= 15 is 0 Å². The molecular weight excluding hydrogens is 310 g/mol. The van der Waals surface area contributed by atoms with Crippen LogP contribution in [0.5, 0.6) is 0 Å². The summed E-state index contributed by atoms with van der Waals surface area (Å²) in [4.78, 5) is 20.5. The summed E-state index contributed by atoms with van der Waals surface area (Å²) in [5.74, 6) is 0.462. The molecule has 2 rings (SSSR count). The lowest BCUT2D eigenvalue weighted by molar-refractivity contribution is 0.0649. The van der Waals surface area contributed by atoms with Gasteiger partial charge in [-0.2, -0.15) is 0 Å². The minimum Gasteiger partial charge on any atom is -0.450 e. The zero-order valence-corrected chi connectivity index (χ0v) is 14.1. The number of piperazine rings is 1. The third-order valence-corrected chi connectivity index (χ3v) is 4.93. The van der Waals surface area contributed by atoms with Crippen molar-refractivity contribution >= 4 is 29.0 Å². The lowest BCUT2D eigenvalue weighted by atomic mass is 10.1. The highest BCUT2D eigenvalue weighted by Crippen LogP contribution is 2.28. The molecule has 1 aliphatic rings. The van der Waals surface area contributed by atoms with Gasteiger partial charge in [-0.15, -0.1) is 22.9 Å². The predicted molar refractivity (Wildman–Crippen MR) is 84.9 cm³/mol. The van der Waals surface area contributed by atoms with Crippen LogP contribution in [0.25, 0.3) is 0 Å². The molecule has 1 aromatic heterocycles. The Labute approximate surface area is 134 Å². The van der Waals surface area contributed by atoms with Gasteiger partial charge in [0.1, 0.15) is 5.01 Å². The van der Waals surface area contributed by atoms with Crippen LogP contribution < -0.4 is 0 Å². The molecule has 1 saturated heterocycles. The third kappa shape index (κ3) is 4.08. The molecule has 0 N–H and O–H groups in total. The van der Waals surface area contributed by atoms with Gasteiger partial charge in [-0.3, -0.25) is 4.90 Å². The Hall–Kier alpha value is -0.850. The summed E-state index contributed by atoms with van der Waals surface area (Å²) in [6.45, 7) is 7.56. The Morgan fingerprint density at radius 3 is 2.67 bits per heavy atom. The highest BCUT2D eigenvalue weighted by atomic mass is 35.5. The SMILES string of the molecule is CCOC(=O)N1CCN(C(CC)c2nc(CCl)cs2)CC1. The zero-order valence-electron chi connectivity index (χ0n) is 12.5. The number of hydrogen-bond acceptors (Lipinski definition) is 5. The van der Waals surface area contributed by atoms with Crippen LogP contribution in [0.1, 0.15) is 37.0 Å². The summed E-state index contributed by atoms with van der Waals surface area (Å²) in [6.07, 6.45) is 0.804. The van der Waals surface area contributed by atoms with Gasteiger partial charge in [0.05, 0.1) is 24.2 Å². The maximum absolute atomic E-state index is 11.7. The quantitative estimate of drug-likeness (QED) is 0.778. The van der Waals surface area contributed by atoms with E-state index in [1.165, 1.54) is 0 Å². The normalized spacial score (nSPS) is 17.8. The molecular formula is C14H22ClN3O2S. The highest BCUT2D eigenvalue weighted by Gasteiger charge is 2.28. The van der Waals surface area contributed by atoms with Gasteiger partial charge in [-0.05, 0) is 13.3 Å². The minimum atomic E-state index is -0.205. The fourth-order valence-corrected chi connectivity index (χ4v) is 3.82. The second-order valence-electron chi connectivity index (χ2n) is 4.96. The van der Waals surface area contributed by atoms with Crippen LogP contribution in [-0.2, 0) is 10.6 Å². The van der Waals surface area contributed by atoms with E-state index in [4.69, 9.17) is 16.3 Å². The highest BCUT2D eigenvalue weighted by molar-refractivity contribution is 7.09. The van der Waals surface area contributed by atoms with Crippen molar-refractivity contribution in [1.82, 2.24) is 14.8 Å². The fourth-order valence-electron chi connectivity index (χ4n) is 2.56. The number of hydrogen-bond donors (Lipinski definition) is 0. The molecule has 0 aliphatic carbocycles. The van der Waals surface area contributed by atoms with Crippen LogP contribution in [0.15, 0.2) is 5.38 Å². The van der Waals surface area contributed by atoms with Crippen LogP contribution >= 0.6 is 22.9 Å². The van der Waals surface area contributed by atoms with E-state index in [-0.39, 0.29) is 6.09 Å². The van der Waals surface area contributed by atoms with Gasteiger partial charge in [0.25, 0.3) is 0 Å². The molecule has 118 valence electrons. The maximum Gasteiger partial charge on any atom is 0.409 e. The first kappa shape index (κ1) is 16.5. The monoisotopic (exact) mass is 331 g/mol. The number of amides is 1. The number of ether oxygens (including phenoxy) is 1. The van der Waals surface area contributed by atoms with Crippen LogP contribution in [0.2, 0.25) is 0 Å². The van der Waals surface area contributed by atoms with E-state index in [1.807, 2.05) is 12.3 Å². The van der Waals surface area contributed by atoms with Crippen LogP contribution in [-0.4, -0.2) is 53.7 Å². The van der Waals surface area contributed by atoms with Crippen LogP contribution in [0.3, 0.4) is 0 Å². The van der Waals surface area contributed by atoms with Gasteiger partial charge >= 0.3 is 6.09 Å². The number of carbonyl (C=O) groups is 1. The van der Waals surface area contributed by atoms with Crippen molar-refractivity contribution in [1.29, 1.82) is 0 Å². The first-order valence-corrected chi connectivity index (χ1v) is 8.77. The molecule has 1 aromatic rings. The largest absolute Gasteiger partial charge is 0.450 e. The summed E-state index contributed by atoms with van der Waals surface area (Å²) in [5, 5.41) is 3.15. The zero-order chi connectivity index (χ0) is 15.2. The van der Waals surface area contributed by atoms with Gasteiger partial charge < -0.3 is 9.64 Å². The van der Waals surface area contributed by atoms with E-state index in [9.17, 15) is 4.79 Å². The summed E-state index contributed by atoms with van der Waals surface area (Å²) < 4.78 is 5.05. The third-order valence-electron chi connectivity index (χ3n) is 3.66. The lowest BCUT2D eigenvalue weighted by Gasteiger charge is -2.37. The van der Waals surface area contributed by atoms with Crippen molar-refractivity contribution in [2.24, 2.45) is 0 Å². The average molecular weight is 332 g/mol. The van der Waals surface area contributed by atoms with Gasteiger partial charge in [0, 0.05) is 31.6 Å².